The molecule has 0 saturated heterocycles. The van der Waals surface area contributed by atoms with Crippen LogP contribution in [-0.2, 0) is 12.7 Å². The lowest BCUT2D eigenvalue weighted by Crippen LogP contribution is -2.09. The normalized spacial score (nSPS) is 11.6. The molecule has 8 heteroatoms. The van der Waals surface area contributed by atoms with E-state index in [-0.39, 0.29) is 12.2 Å². The topological polar surface area (TPSA) is 61.0 Å². The summed E-state index contributed by atoms with van der Waals surface area (Å²) < 4.78 is 38.7. The van der Waals surface area contributed by atoms with Gasteiger partial charge in [-0.05, 0) is 18.6 Å². The number of benzene rings is 1. The molecule has 0 bridgehead atoms. The number of alkyl halides is 3. The molecule has 1 aromatic heterocycles. The van der Waals surface area contributed by atoms with Crippen molar-refractivity contribution >= 4 is 5.69 Å². The van der Waals surface area contributed by atoms with Crippen molar-refractivity contribution in [2.75, 3.05) is 0 Å². The molecule has 0 unspecified atom stereocenters. The molecular weight excluding hydrogens is 275 g/mol. The molecule has 0 spiro atoms. The highest BCUT2D eigenvalue weighted by atomic mass is 19.4. The summed E-state index contributed by atoms with van der Waals surface area (Å²) in [7, 11) is 0. The highest BCUT2D eigenvalue weighted by Gasteiger charge is 2.34. The van der Waals surface area contributed by atoms with Crippen LogP contribution in [0.3, 0.4) is 0 Å². The molecule has 106 valence electrons. The molecule has 0 atom stereocenters. The van der Waals surface area contributed by atoms with Gasteiger partial charge in [-0.2, -0.15) is 18.3 Å². The summed E-state index contributed by atoms with van der Waals surface area (Å²) in [6.45, 7) is 1.65. The average molecular weight is 285 g/mol. The summed E-state index contributed by atoms with van der Waals surface area (Å²) >= 11 is 0. The molecule has 0 aliphatic heterocycles. The molecule has 0 N–H and O–H groups in total. The Morgan fingerprint density at radius 1 is 1.30 bits per heavy atom. The molecule has 0 radical (unpaired) electrons. The van der Waals surface area contributed by atoms with Crippen LogP contribution in [0.5, 0.6) is 0 Å². The van der Waals surface area contributed by atoms with Crippen molar-refractivity contribution < 1.29 is 18.1 Å². The van der Waals surface area contributed by atoms with Crippen LogP contribution in [0.1, 0.15) is 17.0 Å². The van der Waals surface area contributed by atoms with E-state index in [1.54, 1.807) is 0 Å². The lowest BCUT2D eigenvalue weighted by Gasteiger charge is -2.05. The van der Waals surface area contributed by atoms with Crippen molar-refractivity contribution in [3.05, 3.63) is 57.4 Å². The maximum absolute atomic E-state index is 12.5. The number of aryl methyl sites for hydroxylation is 1. The Labute approximate surface area is 111 Å². The molecule has 0 aliphatic rings. The van der Waals surface area contributed by atoms with Crippen molar-refractivity contribution in [2.24, 2.45) is 0 Å². The molecular formula is C12H10F3N3O2. The molecule has 0 aliphatic carbocycles. The van der Waals surface area contributed by atoms with E-state index in [2.05, 4.69) is 5.10 Å². The van der Waals surface area contributed by atoms with Crippen LogP contribution in [-0.4, -0.2) is 14.7 Å². The maximum Gasteiger partial charge on any atom is 0.435 e. The molecule has 1 aromatic carbocycles. The molecule has 0 saturated carbocycles. The fourth-order valence-corrected chi connectivity index (χ4v) is 1.70. The predicted molar refractivity (Wildman–Crippen MR) is 64.2 cm³/mol. The molecule has 2 rings (SSSR count). The largest absolute Gasteiger partial charge is 0.435 e. The third kappa shape index (κ3) is 2.95. The summed E-state index contributed by atoms with van der Waals surface area (Å²) in [6, 6.07) is 6.56. The van der Waals surface area contributed by atoms with E-state index in [1.165, 1.54) is 35.9 Å². The van der Waals surface area contributed by atoms with Gasteiger partial charge in [0.05, 0.1) is 11.5 Å². The van der Waals surface area contributed by atoms with E-state index in [0.717, 1.165) is 6.07 Å². The highest BCUT2D eigenvalue weighted by Crippen LogP contribution is 2.28. The number of non-ortho nitro benzene ring substituents is 1. The number of nitro benzene ring substituents is 1. The third-order valence-electron chi connectivity index (χ3n) is 2.75. The van der Waals surface area contributed by atoms with Crippen LogP contribution in [0.4, 0.5) is 18.9 Å². The quantitative estimate of drug-likeness (QED) is 0.642. The summed E-state index contributed by atoms with van der Waals surface area (Å²) in [5.41, 5.74) is -0.00923. The van der Waals surface area contributed by atoms with Crippen molar-refractivity contribution in [1.29, 1.82) is 0 Å². The van der Waals surface area contributed by atoms with Crippen LogP contribution < -0.4 is 0 Å². The Bertz CT molecular complexity index is 632. The van der Waals surface area contributed by atoms with Gasteiger partial charge in [-0.25, -0.2) is 0 Å². The standard InChI is InChI=1S/C12H10F3N3O2/c1-8-6-11(12(13,14)15)16-17(8)7-9-2-4-10(5-3-9)18(19)20/h2-6H,7H2,1H3. The van der Waals surface area contributed by atoms with Gasteiger partial charge in [-0.1, -0.05) is 12.1 Å². The third-order valence-corrected chi connectivity index (χ3v) is 2.75. The highest BCUT2D eigenvalue weighted by molar-refractivity contribution is 5.33. The summed E-state index contributed by atoms with van der Waals surface area (Å²) in [4.78, 5) is 9.96. The van der Waals surface area contributed by atoms with E-state index in [0.29, 0.717) is 11.3 Å². The van der Waals surface area contributed by atoms with Crippen molar-refractivity contribution in [3.63, 3.8) is 0 Å². The Morgan fingerprint density at radius 3 is 2.35 bits per heavy atom. The number of aromatic nitrogens is 2. The number of rotatable bonds is 3. The number of nitro groups is 1. The Balaban J connectivity index is 2.22. The SMILES string of the molecule is Cc1cc(C(F)(F)F)nn1Cc1ccc([N+](=O)[O-])cc1. The Morgan fingerprint density at radius 2 is 1.90 bits per heavy atom. The molecule has 0 fully saturated rings. The van der Waals surface area contributed by atoms with Gasteiger partial charge in [0.1, 0.15) is 0 Å². The van der Waals surface area contributed by atoms with Crippen LogP contribution in [0.25, 0.3) is 0 Å². The number of halogens is 3. The van der Waals surface area contributed by atoms with Gasteiger partial charge in [-0.15, -0.1) is 0 Å². The van der Waals surface area contributed by atoms with Crippen LogP contribution in [0.15, 0.2) is 30.3 Å². The van der Waals surface area contributed by atoms with Gasteiger partial charge in [0.2, 0.25) is 0 Å². The zero-order chi connectivity index (χ0) is 14.9. The molecule has 0 amide bonds. The zero-order valence-corrected chi connectivity index (χ0v) is 10.4. The van der Waals surface area contributed by atoms with Crippen LogP contribution >= 0.6 is 0 Å². The molecule has 1 heterocycles. The molecule has 5 nitrogen and oxygen atoms in total. The fourth-order valence-electron chi connectivity index (χ4n) is 1.70. The van der Waals surface area contributed by atoms with Crippen molar-refractivity contribution in [1.82, 2.24) is 9.78 Å². The van der Waals surface area contributed by atoms with Gasteiger partial charge >= 0.3 is 6.18 Å². The summed E-state index contributed by atoms with van der Waals surface area (Å²) in [5, 5.41) is 14.0. The second-order valence-electron chi connectivity index (χ2n) is 4.25. The van der Waals surface area contributed by atoms with E-state index in [4.69, 9.17) is 0 Å². The monoisotopic (exact) mass is 285 g/mol. The second kappa shape index (κ2) is 4.95. The summed E-state index contributed by atoms with van der Waals surface area (Å²) in [5.74, 6) is 0. The van der Waals surface area contributed by atoms with Gasteiger partial charge < -0.3 is 0 Å². The lowest BCUT2D eigenvalue weighted by molar-refractivity contribution is -0.384. The van der Waals surface area contributed by atoms with E-state index in [9.17, 15) is 23.3 Å². The van der Waals surface area contributed by atoms with E-state index >= 15 is 0 Å². The number of nitrogens with zero attached hydrogens (tertiary/aromatic N) is 3. The first-order chi connectivity index (χ1) is 9.27. The predicted octanol–water partition coefficient (Wildman–Crippen LogP) is 3.17. The molecule has 2 aromatic rings. The van der Waals surface area contributed by atoms with Gasteiger partial charge in [0, 0.05) is 17.8 Å². The first kappa shape index (κ1) is 14.0. The number of hydrogen-bond acceptors (Lipinski definition) is 3. The van der Waals surface area contributed by atoms with Crippen LogP contribution in [0.2, 0.25) is 0 Å². The Hall–Kier alpha value is -2.38. The smallest absolute Gasteiger partial charge is 0.265 e. The average Bonchev–Trinajstić information content (AvgIpc) is 2.71. The van der Waals surface area contributed by atoms with Crippen molar-refractivity contribution in [2.45, 2.75) is 19.6 Å². The van der Waals surface area contributed by atoms with Gasteiger partial charge in [-0.3, -0.25) is 14.8 Å². The zero-order valence-electron chi connectivity index (χ0n) is 10.4. The minimum atomic E-state index is -4.48. The van der Waals surface area contributed by atoms with Crippen molar-refractivity contribution in [3.8, 4) is 0 Å². The maximum atomic E-state index is 12.5. The first-order valence-electron chi connectivity index (χ1n) is 5.62. The molecule has 20 heavy (non-hydrogen) atoms. The fraction of sp³-hybridized carbons (Fsp3) is 0.250. The van der Waals surface area contributed by atoms with Gasteiger partial charge in [0.25, 0.3) is 5.69 Å². The van der Waals surface area contributed by atoms with E-state index < -0.39 is 16.8 Å². The minimum Gasteiger partial charge on any atom is -0.265 e. The van der Waals surface area contributed by atoms with E-state index in [1.807, 2.05) is 0 Å². The minimum absolute atomic E-state index is 0.0677. The Kier molecular flexibility index (Phi) is 3.47. The lowest BCUT2D eigenvalue weighted by atomic mass is 10.2. The number of hydrogen-bond donors (Lipinski definition) is 0. The van der Waals surface area contributed by atoms with Gasteiger partial charge in [0.15, 0.2) is 5.69 Å². The summed E-state index contributed by atoms with van der Waals surface area (Å²) in [6.07, 6.45) is -4.48. The first-order valence-corrected chi connectivity index (χ1v) is 5.62. The second-order valence-corrected chi connectivity index (χ2v) is 4.25. The van der Waals surface area contributed by atoms with Crippen LogP contribution in [0, 0.1) is 17.0 Å².